The molecule has 1 aromatic carbocycles. The van der Waals surface area contributed by atoms with E-state index in [4.69, 9.17) is 4.42 Å². The van der Waals surface area contributed by atoms with E-state index in [0.717, 1.165) is 43.0 Å². The van der Waals surface area contributed by atoms with Gasteiger partial charge in [0, 0.05) is 36.7 Å². The standard InChI is InChI=1S/C20H20N4O4/c1-2-15-14(20(26)27)11-16(28-15)19(25)21-13-8-6-12(7-9-13)18-23-22-17-5-3-4-10-24(17)18/h6-9,11H,2-5,10H2,1H3,(H,21,25)(H,26,27). The van der Waals surface area contributed by atoms with Gasteiger partial charge >= 0.3 is 5.97 Å². The van der Waals surface area contributed by atoms with E-state index in [1.165, 1.54) is 6.07 Å². The number of amides is 1. The number of aryl methyl sites for hydroxylation is 2. The smallest absolute Gasteiger partial charge is 0.339 e. The highest BCUT2D eigenvalue weighted by Gasteiger charge is 2.20. The van der Waals surface area contributed by atoms with Gasteiger partial charge < -0.3 is 19.4 Å². The van der Waals surface area contributed by atoms with E-state index in [9.17, 15) is 14.7 Å². The Morgan fingerprint density at radius 2 is 2.00 bits per heavy atom. The van der Waals surface area contributed by atoms with Crippen molar-refractivity contribution in [3.63, 3.8) is 0 Å². The number of carboxylic acid groups (broad SMARTS) is 1. The van der Waals surface area contributed by atoms with Gasteiger partial charge in [0.1, 0.15) is 17.1 Å². The van der Waals surface area contributed by atoms with Crippen LogP contribution >= 0.6 is 0 Å². The van der Waals surface area contributed by atoms with E-state index in [1.54, 1.807) is 19.1 Å². The molecule has 0 radical (unpaired) electrons. The molecule has 3 heterocycles. The number of hydrogen-bond donors (Lipinski definition) is 2. The predicted octanol–water partition coefficient (Wildman–Crippen LogP) is 3.39. The van der Waals surface area contributed by atoms with Gasteiger partial charge in [-0.3, -0.25) is 4.79 Å². The fourth-order valence-electron chi connectivity index (χ4n) is 3.40. The van der Waals surface area contributed by atoms with Crippen molar-refractivity contribution >= 4 is 17.6 Å². The number of aromatic nitrogens is 3. The van der Waals surface area contributed by atoms with Crippen molar-refractivity contribution in [3.8, 4) is 11.4 Å². The van der Waals surface area contributed by atoms with E-state index >= 15 is 0 Å². The SMILES string of the molecule is CCc1oc(C(=O)Nc2ccc(-c3nnc4n3CCCC4)cc2)cc1C(=O)O. The average Bonchev–Trinajstić information content (AvgIpc) is 3.33. The summed E-state index contributed by atoms with van der Waals surface area (Å²) in [5.74, 6) is 0.500. The maximum atomic E-state index is 12.4. The molecule has 0 saturated carbocycles. The Hall–Kier alpha value is -3.42. The molecule has 0 saturated heterocycles. The quantitative estimate of drug-likeness (QED) is 0.702. The van der Waals surface area contributed by atoms with Crippen LogP contribution < -0.4 is 5.32 Å². The molecule has 3 aromatic rings. The van der Waals surface area contributed by atoms with Crippen LogP contribution in [0.1, 0.15) is 52.3 Å². The van der Waals surface area contributed by atoms with E-state index < -0.39 is 11.9 Å². The van der Waals surface area contributed by atoms with Gasteiger partial charge in [0.05, 0.1) is 0 Å². The van der Waals surface area contributed by atoms with Crippen LogP contribution in [0.4, 0.5) is 5.69 Å². The summed E-state index contributed by atoms with van der Waals surface area (Å²) in [4.78, 5) is 23.6. The molecule has 0 atom stereocenters. The normalized spacial score (nSPS) is 13.2. The Bertz CT molecular complexity index is 1030. The van der Waals surface area contributed by atoms with Crippen molar-refractivity contribution in [3.05, 3.63) is 53.2 Å². The molecule has 144 valence electrons. The second-order valence-corrected chi connectivity index (χ2v) is 6.69. The minimum atomic E-state index is -1.11. The monoisotopic (exact) mass is 380 g/mol. The molecule has 2 aromatic heterocycles. The van der Waals surface area contributed by atoms with Crippen LogP contribution in [0.2, 0.25) is 0 Å². The fourth-order valence-corrected chi connectivity index (χ4v) is 3.40. The summed E-state index contributed by atoms with van der Waals surface area (Å²) in [5.41, 5.74) is 1.52. The lowest BCUT2D eigenvalue weighted by atomic mass is 10.1. The number of nitrogens with one attached hydrogen (secondary N) is 1. The first-order chi connectivity index (χ1) is 13.6. The van der Waals surface area contributed by atoms with E-state index in [1.807, 2.05) is 12.1 Å². The number of aromatic carboxylic acids is 1. The van der Waals surface area contributed by atoms with Gasteiger partial charge in [-0.25, -0.2) is 4.79 Å². The third-order valence-corrected chi connectivity index (χ3v) is 4.84. The van der Waals surface area contributed by atoms with Crippen LogP contribution in [-0.4, -0.2) is 31.7 Å². The number of anilines is 1. The van der Waals surface area contributed by atoms with Crippen molar-refractivity contribution in [2.24, 2.45) is 0 Å². The lowest BCUT2D eigenvalue weighted by Crippen LogP contribution is -2.12. The zero-order chi connectivity index (χ0) is 19.7. The zero-order valence-corrected chi connectivity index (χ0v) is 15.4. The van der Waals surface area contributed by atoms with Crippen LogP contribution in [-0.2, 0) is 19.4 Å². The van der Waals surface area contributed by atoms with Crippen LogP contribution in [0.5, 0.6) is 0 Å². The van der Waals surface area contributed by atoms with Gasteiger partial charge in [0.25, 0.3) is 5.91 Å². The van der Waals surface area contributed by atoms with Gasteiger partial charge in [-0.15, -0.1) is 10.2 Å². The molecular weight excluding hydrogens is 360 g/mol. The molecule has 1 amide bonds. The first-order valence-electron chi connectivity index (χ1n) is 9.26. The molecule has 1 aliphatic heterocycles. The number of fused-ring (bicyclic) bond motifs is 1. The van der Waals surface area contributed by atoms with Crippen molar-refractivity contribution in [2.45, 2.75) is 39.2 Å². The first kappa shape index (κ1) is 18.0. The van der Waals surface area contributed by atoms with Crippen molar-refractivity contribution in [1.29, 1.82) is 0 Å². The molecule has 28 heavy (non-hydrogen) atoms. The minimum absolute atomic E-state index is 0.0135. The largest absolute Gasteiger partial charge is 0.478 e. The summed E-state index contributed by atoms with van der Waals surface area (Å²) in [6.07, 6.45) is 3.60. The molecule has 8 nitrogen and oxygen atoms in total. The zero-order valence-electron chi connectivity index (χ0n) is 15.4. The molecule has 0 unspecified atom stereocenters. The van der Waals surface area contributed by atoms with Crippen molar-refractivity contribution in [2.75, 3.05) is 5.32 Å². The third kappa shape index (κ3) is 3.28. The van der Waals surface area contributed by atoms with Gasteiger partial charge in [-0.2, -0.15) is 0 Å². The number of carboxylic acids is 1. The Labute approximate surface area is 161 Å². The number of hydrogen-bond acceptors (Lipinski definition) is 5. The van der Waals surface area contributed by atoms with Gasteiger partial charge in [-0.1, -0.05) is 6.92 Å². The second-order valence-electron chi connectivity index (χ2n) is 6.69. The molecule has 0 fully saturated rings. The van der Waals surface area contributed by atoms with Gasteiger partial charge in [0.15, 0.2) is 11.6 Å². The lowest BCUT2D eigenvalue weighted by molar-refractivity contribution is 0.0694. The Kier molecular flexibility index (Phi) is 4.68. The van der Waals surface area contributed by atoms with Crippen LogP contribution in [0.15, 0.2) is 34.7 Å². The highest BCUT2D eigenvalue weighted by Crippen LogP contribution is 2.25. The molecule has 4 rings (SSSR count). The topological polar surface area (TPSA) is 110 Å². The molecule has 0 bridgehead atoms. The van der Waals surface area contributed by atoms with Crippen molar-refractivity contribution in [1.82, 2.24) is 14.8 Å². The molecule has 0 aliphatic carbocycles. The van der Waals surface area contributed by atoms with Crippen LogP contribution in [0.3, 0.4) is 0 Å². The highest BCUT2D eigenvalue weighted by molar-refractivity contribution is 6.04. The van der Waals surface area contributed by atoms with Gasteiger partial charge in [0.2, 0.25) is 0 Å². The number of furan rings is 1. The lowest BCUT2D eigenvalue weighted by Gasteiger charge is -2.14. The maximum absolute atomic E-state index is 12.4. The summed E-state index contributed by atoms with van der Waals surface area (Å²) >= 11 is 0. The minimum Gasteiger partial charge on any atom is -0.478 e. The first-order valence-corrected chi connectivity index (χ1v) is 9.26. The Balaban J connectivity index is 1.51. The highest BCUT2D eigenvalue weighted by atomic mass is 16.4. The van der Waals surface area contributed by atoms with Gasteiger partial charge in [-0.05, 0) is 37.1 Å². The molecule has 0 spiro atoms. The van der Waals surface area contributed by atoms with E-state index in [0.29, 0.717) is 12.1 Å². The number of rotatable bonds is 5. The maximum Gasteiger partial charge on any atom is 0.339 e. The summed E-state index contributed by atoms with van der Waals surface area (Å²) in [5, 5.41) is 20.5. The summed E-state index contributed by atoms with van der Waals surface area (Å²) < 4.78 is 7.53. The predicted molar refractivity (Wildman–Crippen MR) is 101 cm³/mol. The third-order valence-electron chi connectivity index (χ3n) is 4.84. The van der Waals surface area contributed by atoms with Crippen LogP contribution in [0.25, 0.3) is 11.4 Å². The molecular formula is C20H20N4O4. The van der Waals surface area contributed by atoms with Crippen LogP contribution in [0, 0.1) is 0 Å². The average molecular weight is 380 g/mol. The number of carbonyl (C=O) groups excluding carboxylic acids is 1. The Morgan fingerprint density at radius 3 is 2.68 bits per heavy atom. The second kappa shape index (κ2) is 7.30. The fraction of sp³-hybridized carbons (Fsp3) is 0.300. The summed E-state index contributed by atoms with van der Waals surface area (Å²) in [6, 6.07) is 8.57. The van der Waals surface area contributed by atoms with E-state index in [2.05, 4.69) is 20.1 Å². The van der Waals surface area contributed by atoms with E-state index in [-0.39, 0.29) is 17.1 Å². The molecule has 8 heteroatoms. The number of carbonyl (C=O) groups is 2. The molecule has 1 aliphatic rings. The number of benzene rings is 1. The summed E-state index contributed by atoms with van der Waals surface area (Å²) in [6.45, 7) is 2.69. The molecule has 2 N–H and O–H groups in total. The Morgan fingerprint density at radius 1 is 1.21 bits per heavy atom. The number of nitrogens with zero attached hydrogens (tertiary/aromatic N) is 3. The summed E-state index contributed by atoms with van der Waals surface area (Å²) in [7, 11) is 0. The van der Waals surface area contributed by atoms with Crippen molar-refractivity contribution < 1.29 is 19.1 Å².